The van der Waals surface area contributed by atoms with Crippen LogP contribution >= 0.6 is 0 Å². The number of hydrogen-bond acceptors (Lipinski definition) is 7. The van der Waals surface area contributed by atoms with Gasteiger partial charge >= 0.3 is 6.09 Å². The highest BCUT2D eigenvalue weighted by Crippen LogP contribution is 2.17. The lowest BCUT2D eigenvalue weighted by Gasteiger charge is -2.04. The number of imide groups is 1. The first-order valence-electron chi connectivity index (χ1n) is 6.07. The van der Waals surface area contributed by atoms with Crippen LogP contribution in [0.3, 0.4) is 0 Å². The maximum Gasteiger partial charge on any atom is 0.414 e. The summed E-state index contributed by atoms with van der Waals surface area (Å²) < 4.78 is 4.51. The molecule has 0 aliphatic rings. The van der Waals surface area contributed by atoms with E-state index in [-0.39, 0.29) is 17.9 Å². The van der Waals surface area contributed by atoms with E-state index in [2.05, 4.69) is 10.1 Å². The minimum Gasteiger partial charge on any atom is -0.450 e. The van der Waals surface area contributed by atoms with E-state index in [1.54, 1.807) is 13.0 Å². The summed E-state index contributed by atoms with van der Waals surface area (Å²) >= 11 is 0. The Morgan fingerprint density at radius 3 is 2.82 bits per heavy atom. The number of nitriles is 1. The van der Waals surface area contributed by atoms with Crippen molar-refractivity contribution in [2.45, 2.75) is 6.92 Å². The van der Waals surface area contributed by atoms with Crippen LogP contribution < -0.4 is 10.6 Å². The average molecular weight is 304 g/mol. The second kappa shape index (κ2) is 8.01. The molecule has 114 valence electrons. The van der Waals surface area contributed by atoms with Gasteiger partial charge in [0, 0.05) is 24.0 Å². The lowest BCUT2D eigenvalue weighted by atomic mass is 10.2. The largest absolute Gasteiger partial charge is 0.450 e. The number of nitro benzene ring substituents is 1. The standard InChI is InChI=1S/C13H12N4O5/c1-2-22-13(19)16-12(18)9(7-14)8-15-10-4-3-5-11(6-10)17(20)21/h3-6,8,15H,2H2,1H3,(H,16,18,19). The van der Waals surface area contributed by atoms with E-state index >= 15 is 0 Å². The number of anilines is 1. The van der Waals surface area contributed by atoms with Crippen LogP contribution in [0.5, 0.6) is 0 Å². The smallest absolute Gasteiger partial charge is 0.414 e. The van der Waals surface area contributed by atoms with Crippen LogP contribution in [0.25, 0.3) is 0 Å². The van der Waals surface area contributed by atoms with E-state index in [1.165, 1.54) is 24.3 Å². The van der Waals surface area contributed by atoms with Gasteiger partial charge < -0.3 is 10.1 Å². The molecule has 0 spiro atoms. The number of ether oxygens (including phenoxy) is 1. The van der Waals surface area contributed by atoms with E-state index in [0.29, 0.717) is 5.69 Å². The number of carbonyl (C=O) groups excluding carboxylic acids is 2. The Balaban J connectivity index is 2.79. The molecule has 0 unspecified atom stereocenters. The van der Waals surface area contributed by atoms with Crippen molar-refractivity contribution in [1.82, 2.24) is 5.32 Å². The molecule has 2 amide bonds. The zero-order valence-electron chi connectivity index (χ0n) is 11.5. The number of nitro groups is 1. The lowest BCUT2D eigenvalue weighted by Crippen LogP contribution is -2.32. The summed E-state index contributed by atoms with van der Waals surface area (Å²) in [5.74, 6) is -0.945. The molecular weight excluding hydrogens is 292 g/mol. The predicted octanol–water partition coefficient (Wildman–Crippen LogP) is 1.69. The molecule has 9 nitrogen and oxygen atoms in total. The number of amides is 2. The molecule has 0 atom stereocenters. The number of nitrogens with one attached hydrogen (secondary N) is 2. The molecule has 0 saturated heterocycles. The molecule has 0 saturated carbocycles. The molecule has 9 heteroatoms. The average Bonchev–Trinajstić information content (AvgIpc) is 2.48. The highest BCUT2D eigenvalue weighted by molar-refractivity contribution is 6.05. The van der Waals surface area contributed by atoms with Crippen molar-refractivity contribution >= 4 is 23.4 Å². The Morgan fingerprint density at radius 1 is 1.50 bits per heavy atom. The van der Waals surface area contributed by atoms with Crippen LogP contribution in [-0.4, -0.2) is 23.5 Å². The molecule has 22 heavy (non-hydrogen) atoms. The number of carbonyl (C=O) groups is 2. The molecule has 0 aliphatic heterocycles. The lowest BCUT2D eigenvalue weighted by molar-refractivity contribution is -0.384. The normalized spacial score (nSPS) is 10.3. The van der Waals surface area contributed by atoms with Crippen LogP contribution in [0.1, 0.15) is 6.92 Å². The SMILES string of the molecule is CCOC(=O)NC(=O)C(C#N)=CNc1cccc([N+](=O)[O-])c1. The van der Waals surface area contributed by atoms with Crippen LogP contribution in [0.2, 0.25) is 0 Å². The first kappa shape index (κ1) is 16.6. The molecule has 0 bridgehead atoms. The van der Waals surface area contributed by atoms with Gasteiger partial charge in [0.2, 0.25) is 0 Å². The predicted molar refractivity (Wildman–Crippen MR) is 75.6 cm³/mol. The topological polar surface area (TPSA) is 134 Å². The van der Waals surface area contributed by atoms with Crippen LogP contribution in [0.15, 0.2) is 36.0 Å². The third kappa shape index (κ3) is 4.93. The van der Waals surface area contributed by atoms with Gasteiger partial charge in [-0.3, -0.25) is 20.2 Å². The van der Waals surface area contributed by atoms with Gasteiger partial charge in [-0.25, -0.2) is 4.79 Å². The first-order chi connectivity index (χ1) is 10.5. The molecule has 0 radical (unpaired) electrons. The second-order valence-corrected chi connectivity index (χ2v) is 3.80. The summed E-state index contributed by atoms with van der Waals surface area (Å²) in [6.45, 7) is 1.64. The molecule has 2 N–H and O–H groups in total. The molecule has 0 aromatic heterocycles. The summed E-state index contributed by atoms with van der Waals surface area (Å²) in [4.78, 5) is 32.7. The highest BCUT2D eigenvalue weighted by Gasteiger charge is 2.13. The van der Waals surface area contributed by atoms with Gasteiger partial charge in [-0.15, -0.1) is 0 Å². The summed E-state index contributed by atoms with van der Waals surface area (Å²) in [5, 5.41) is 23.9. The van der Waals surface area contributed by atoms with Gasteiger partial charge in [0.15, 0.2) is 0 Å². The van der Waals surface area contributed by atoms with E-state index < -0.39 is 16.9 Å². The maximum absolute atomic E-state index is 11.6. The molecule has 1 aromatic rings. The number of hydrogen-bond donors (Lipinski definition) is 2. The molecule has 0 fully saturated rings. The van der Waals surface area contributed by atoms with Crippen molar-refractivity contribution in [3.05, 3.63) is 46.2 Å². The van der Waals surface area contributed by atoms with Gasteiger partial charge in [-0.1, -0.05) is 6.07 Å². The number of alkyl carbamates (subject to hydrolysis) is 1. The molecule has 1 aromatic carbocycles. The van der Waals surface area contributed by atoms with E-state index in [0.717, 1.165) is 6.20 Å². The third-order valence-corrected chi connectivity index (χ3v) is 2.30. The summed E-state index contributed by atoms with van der Waals surface area (Å²) in [7, 11) is 0. The molecule has 0 heterocycles. The number of benzene rings is 1. The molecule has 1 rings (SSSR count). The van der Waals surface area contributed by atoms with Gasteiger partial charge in [-0.05, 0) is 13.0 Å². The third-order valence-electron chi connectivity index (χ3n) is 2.30. The van der Waals surface area contributed by atoms with Crippen LogP contribution in [0, 0.1) is 21.4 Å². The van der Waals surface area contributed by atoms with Gasteiger partial charge in [0.25, 0.3) is 11.6 Å². The Kier molecular flexibility index (Phi) is 6.06. The van der Waals surface area contributed by atoms with Crippen molar-refractivity contribution in [3.63, 3.8) is 0 Å². The van der Waals surface area contributed by atoms with Crippen molar-refractivity contribution in [1.29, 1.82) is 5.26 Å². The fourth-order valence-corrected chi connectivity index (χ4v) is 1.34. The Morgan fingerprint density at radius 2 is 2.23 bits per heavy atom. The Hall–Kier alpha value is -3.41. The summed E-state index contributed by atoms with van der Waals surface area (Å²) in [6.07, 6.45) is 0.0668. The van der Waals surface area contributed by atoms with Gasteiger partial charge in [-0.2, -0.15) is 5.26 Å². The second-order valence-electron chi connectivity index (χ2n) is 3.80. The zero-order chi connectivity index (χ0) is 16.5. The van der Waals surface area contributed by atoms with E-state index in [1.807, 2.05) is 5.32 Å². The number of nitrogens with zero attached hydrogens (tertiary/aromatic N) is 2. The summed E-state index contributed by atoms with van der Waals surface area (Å²) in [5.41, 5.74) is -0.224. The van der Waals surface area contributed by atoms with Gasteiger partial charge in [0.1, 0.15) is 11.6 Å². The Labute approximate surface area is 125 Å². The first-order valence-corrected chi connectivity index (χ1v) is 6.07. The zero-order valence-corrected chi connectivity index (χ0v) is 11.5. The van der Waals surface area contributed by atoms with Crippen molar-refractivity contribution in [2.75, 3.05) is 11.9 Å². The number of rotatable bonds is 5. The van der Waals surface area contributed by atoms with Crippen molar-refractivity contribution < 1.29 is 19.2 Å². The highest BCUT2D eigenvalue weighted by atomic mass is 16.6. The Bertz CT molecular complexity index is 663. The number of non-ortho nitro benzene ring substituents is 1. The van der Waals surface area contributed by atoms with E-state index in [4.69, 9.17) is 5.26 Å². The fraction of sp³-hybridized carbons (Fsp3) is 0.154. The van der Waals surface area contributed by atoms with Crippen molar-refractivity contribution in [2.24, 2.45) is 0 Å². The maximum atomic E-state index is 11.6. The quantitative estimate of drug-likeness (QED) is 0.365. The van der Waals surface area contributed by atoms with E-state index in [9.17, 15) is 19.7 Å². The minimum atomic E-state index is -0.969. The van der Waals surface area contributed by atoms with Gasteiger partial charge in [0.05, 0.1) is 11.5 Å². The monoisotopic (exact) mass is 304 g/mol. The molecule has 0 aliphatic carbocycles. The summed E-state index contributed by atoms with van der Waals surface area (Å²) in [6, 6.07) is 7.09. The fourth-order valence-electron chi connectivity index (χ4n) is 1.34. The van der Waals surface area contributed by atoms with Crippen LogP contribution in [-0.2, 0) is 9.53 Å². The van der Waals surface area contributed by atoms with Crippen LogP contribution in [0.4, 0.5) is 16.2 Å². The molecular formula is C13H12N4O5. The minimum absolute atomic E-state index is 0.0800. The van der Waals surface area contributed by atoms with Crippen molar-refractivity contribution in [3.8, 4) is 6.07 Å².